The molecule has 0 aromatic heterocycles. The molecule has 0 radical (unpaired) electrons. The van der Waals surface area contributed by atoms with E-state index in [4.69, 9.17) is 4.74 Å². The number of carboxylic acid groups (broad SMARTS) is 1. The fraction of sp³-hybridized carbons (Fsp3) is 0.125. The van der Waals surface area contributed by atoms with E-state index in [9.17, 15) is 19.5 Å². The van der Waals surface area contributed by atoms with Crippen LogP contribution >= 0.6 is 0 Å². The first-order valence-corrected chi connectivity index (χ1v) is 9.34. The van der Waals surface area contributed by atoms with Crippen LogP contribution in [-0.4, -0.2) is 29.8 Å². The summed E-state index contributed by atoms with van der Waals surface area (Å²) in [5, 5.41) is 12.5. The van der Waals surface area contributed by atoms with Gasteiger partial charge in [-0.05, 0) is 42.3 Å². The molecule has 0 fully saturated rings. The number of nitrogens with one attached hydrogen (secondary N) is 1. The van der Waals surface area contributed by atoms with Crippen molar-refractivity contribution in [2.75, 3.05) is 12.4 Å². The Morgan fingerprint density at radius 3 is 2.07 bits per heavy atom. The number of anilines is 1. The highest BCUT2D eigenvalue weighted by Gasteiger charge is 2.54. The number of Topliss-reactive ketones (excluding diaryl/α,β-unsaturated/α-hetero) is 2. The summed E-state index contributed by atoms with van der Waals surface area (Å²) >= 11 is 0. The molecule has 0 atom stereocenters. The van der Waals surface area contributed by atoms with Crippen molar-refractivity contribution in [1.82, 2.24) is 0 Å². The standard InChI is InChI=1S/C24H19NO5/c1-14-7-8-15(23(28)29)13-20(14)25-24(16-9-11-17(30-2)12-10-16)21(26)18-5-3-4-6-19(18)22(24)27/h3-13,25H,1-2H3,(H,28,29). The predicted molar refractivity (Wildman–Crippen MR) is 112 cm³/mol. The summed E-state index contributed by atoms with van der Waals surface area (Å²) in [4.78, 5) is 38.6. The van der Waals surface area contributed by atoms with Gasteiger partial charge in [0.05, 0.1) is 12.7 Å². The summed E-state index contributed by atoms with van der Waals surface area (Å²) in [6.45, 7) is 1.78. The minimum Gasteiger partial charge on any atom is -0.497 e. The van der Waals surface area contributed by atoms with Gasteiger partial charge in [-0.1, -0.05) is 42.5 Å². The second-order valence-corrected chi connectivity index (χ2v) is 7.14. The maximum absolute atomic E-state index is 13.6. The molecule has 6 heteroatoms. The van der Waals surface area contributed by atoms with Crippen LogP contribution < -0.4 is 10.1 Å². The van der Waals surface area contributed by atoms with Gasteiger partial charge in [-0.2, -0.15) is 0 Å². The lowest BCUT2D eigenvalue weighted by Crippen LogP contribution is -2.46. The highest BCUT2D eigenvalue weighted by atomic mass is 16.5. The summed E-state index contributed by atoms with van der Waals surface area (Å²) in [6, 6.07) is 18.0. The van der Waals surface area contributed by atoms with Gasteiger partial charge >= 0.3 is 5.97 Å². The SMILES string of the molecule is COc1ccc(C2(Nc3cc(C(=O)O)ccc3C)C(=O)c3ccccc3C2=O)cc1. The van der Waals surface area contributed by atoms with Crippen LogP contribution in [0.15, 0.2) is 66.7 Å². The van der Waals surface area contributed by atoms with Gasteiger partial charge in [-0.15, -0.1) is 0 Å². The number of fused-ring (bicyclic) bond motifs is 1. The zero-order valence-electron chi connectivity index (χ0n) is 16.4. The average molecular weight is 401 g/mol. The largest absolute Gasteiger partial charge is 0.497 e. The van der Waals surface area contributed by atoms with E-state index >= 15 is 0 Å². The molecular weight excluding hydrogens is 382 g/mol. The first-order valence-electron chi connectivity index (χ1n) is 9.34. The summed E-state index contributed by atoms with van der Waals surface area (Å²) < 4.78 is 5.20. The normalized spacial score (nSPS) is 14.3. The molecular formula is C24H19NO5. The quantitative estimate of drug-likeness (QED) is 0.626. The Morgan fingerprint density at radius 2 is 1.53 bits per heavy atom. The summed E-state index contributed by atoms with van der Waals surface area (Å²) in [5.41, 5.74) is 0.594. The number of carboxylic acids is 1. The zero-order valence-corrected chi connectivity index (χ0v) is 16.4. The van der Waals surface area contributed by atoms with Gasteiger partial charge in [0.1, 0.15) is 5.75 Å². The van der Waals surface area contributed by atoms with Crippen LogP contribution in [0, 0.1) is 6.92 Å². The summed E-state index contributed by atoms with van der Waals surface area (Å²) in [7, 11) is 1.53. The number of hydrogen-bond acceptors (Lipinski definition) is 5. The summed E-state index contributed by atoms with van der Waals surface area (Å²) in [5.74, 6) is -1.26. The number of carbonyl (C=O) groups excluding carboxylic acids is 2. The molecule has 6 nitrogen and oxygen atoms in total. The molecule has 3 aromatic rings. The van der Waals surface area contributed by atoms with E-state index in [1.807, 2.05) is 0 Å². The number of aryl methyl sites for hydroxylation is 1. The van der Waals surface area contributed by atoms with E-state index in [0.717, 1.165) is 0 Å². The van der Waals surface area contributed by atoms with Crippen LogP contribution in [0.25, 0.3) is 0 Å². The van der Waals surface area contributed by atoms with Gasteiger partial charge in [0.15, 0.2) is 5.54 Å². The predicted octanol–water partition coefficient (Wildman–Crippen LogP) is 4.09. The third-order valence-corrected chi connectivity index (χ3v) is 5.43. The van der Waals surface area contributed by atoms with E-state index < -0.39 is 11.5 Å². The van der Waals surface area contributed by atoms with Crippen LogP contribution in [0.1, 0.15) is 42.2 Å². The second-order valence-electron chi connectivity index (χ2n) is 7.14. The third kappa shape index (κ3) is 2.85. The topological polar surface area (TPSA) is 92.7 Å². The number of aromatic carboxylic acids is 1. The van der Waals surface area contributed by atoms with Crippen molar-refractivity contribution in [3.63, 3.8) is 0 Å². The number of rotatable bonds is 5. The Kier molecular flexibility index (Phi) is 4.62. The van der Waals surface area contributed by atoms with Crippen LogP contribution in [0.3, 0.4) is 0 Å². The van der Waals surface area contributed by atoms with E-state index in [2.05, 4.69) is 5.32 Å². The van der Waals surface area contributed by atoms with Gasteiger partial charge in [0.25, 0.3) is 0 Å². The van der Waals surface area contributed by atoms with Crippen molar-refractivity contribution < 1.29 is 24.2 Å². The minimum atomic E-state index is -1.70. The Hall–Kier alpha value is -3.93. The Morgan fingerprint density at radius 1 is 0.933 bits per heavy atom. The van der Waals surface area contributed by atoms with E-state index in [-0.39, 0.29) is 17.1 Å². The molecule has 0 aliphatic heterocycles. The van der Waals surface area contributed by atoms with Crippen molar-refractivity contribution in [3.8, 4) is 5.75 Å². The lowest BCUT2D eigenvalue weighted by molar-refractivity contribution is 0.0696. The fourth-order valence-corrected chi connectivity index (χ4v) is 3.77. The molecule has 1 aliphatic rings. The number of ether oxygens (including phenoxy) is 1. The monoisotopic (exact) mass is 401 g/mol. The molecule has 0 saturated heterocycles. The smallest absolute Gasteiger partial charge is 0.335 e. The Balaban J connectivity index is 1.92. The Labute approximate surface area is 173 Å². The lowest BCUT2D eigenvalue weighted by Gasteiger charge is -2.30. The fourth-order valence-electron chi connectivity index (χ4n) is 3.77. The highest BCUT2D eigenvalue weighted by Crippen LogP contribution is 2.41. The second kappa shape index (κ2) is 7.15. The van der Waals surface area contributed by atoms with Crippen LogP contribution in [0.2, 0.25) is 0 Å². The maximum Gasteiger partial charge on any atom is 0.335 e. The first-order chi connectivity index (χ1) is 14.4. The molecule has 0 spiro atoms. The molecule has 3 aromatic carbocycles. The number of benzene rings is 3. The average Bonchev–Trinajstić information content (AvgIpc) is 2.98. The molecule has 0 saturated carbocycles. The maximum atomic E-state index is 13.6. The van der Waals surface area contributed by atoms with Gasteiger partial charge < -0.3 is 15.2 Å². The number of carbonyl (C=O) groups is 3. The van der Waals surface area contributed by atoms with Crippen molar-refractivity contribution in [2.24, 2.45) is 0 Å². The molecule has 30 heavy (non-hydrogen) atoms. The minimum absolute atomic E-state index is 0.0587. The van der Waals surface area contributed by atoms with E-state index in [1.165, 1.54) is 19.2 Å². The lowest BCUT2D eigenvalue weighted by atomic mass is 9.84. The van der Waals surface area contributed by atoms with Gasteiger partial charge in [-0.3, -0.25) is 9.59 Å². The van der Waals surface area contributed by atoms with Crippen molar-refractivity contribution in [2.45, 2.75) is 12.5 Å². The molecule has 4 rings (SSSR count). The first kappa shape index (κ1) is 19.4. The molecule has 150 valence electrons. The van der Waals surface area contributed by atoms with Crippen molar-refractivity contribution >= 4 is 23.2 Å². The van der Waals surface area contributed by atoms with Crippen molar-refractivity contribution in [1.29, 1.82) is 0 Å². The zero-order chi connectivity index (χ0) is 21.5. The third-order valence-electron chi connectivity index (χ3n) is 5.43. The number of ketones is 2. The van der Waals surface area contributed by atoms with E-state index in [1.54, 1.807) is 61.5 Å². The van der Waals surface area contributed by atoms with E-state index in [0.29, 0.717) is 33.7 Å². The molecule has 0 bridgehead atoms. The molecule has 2 N–H and O–H groups in total. The Bertz CT molecular complexity index is 1150. The van der Waals surface area contributed by atoms with Gasteiger partial charge in [-0.25, -0.2) is 4.79 Å². The molecule has 0 unspecified atom stereocenters. The van der Waals surface area contributed by atoms with Crippen LogP contribution in [0.4, 0.5) is 5.69 Å². The van der Waals surface area contributed by atoms with Gasteiger partial charge in [0, 0.05) is 16.8 Å². The number of methoxy groups -OCH3 is 1. The molecule has 0 amide bonds. The van der Waals surface area contributed by atoms with Crippen molar-refractivity contribution in [3.05, 3.63) is 94.5 Å². The highest BCUT2D eigenvalue weighted by molar-refractivity contribution is 6.34. The molecule has 1 aliphatic carbocycles. The molecule has 0 heterocycles. The van der Waals surface area contributed by atoms with Gasteiger partial charge in [0.2, 0.25) is 11.6 Å². The van der Waals surface area contributed by atoms with Crippen LogP contribution in [-0.2, 0) is 5.54 Å². The summed E-state index contributed by atoms with van der Waals surface area (Å²) in [6.07, 6.45) is 0. The van der Waals surface area contributed by atoms with Crippen LogP contribution in [0.5, 0.6) is 5.75 Å². The number of hydrogen-bond donors (Lipinski definition) is 2.